The molecule has 2 aromatic carbocycles. The second-order valence-electron chi connectivity index (χ2n) is 8.87. The Bertz CT molecular complexity index is 1560. The van der Waals surface area contributed by atoms with E-state index in [-0.39, 0.29) is 17.6 Å². The van der Waals surface area contributed by atoms with E-state index in [0.717, 1.165) is 16.9 Å². The van der Waals surface area contributed by atoms with Crippen molar-refractivity contribution in [1.82, 2.24) is 9.58 Å². The Hall–Kier alpha value is -3.27. The third kappa shape index (κ3) is 3.01. The first-order valence-electron chi connectivity index (χ1n) is 11.5. The fourth-order valence-electron chi connectivity index (χ4n) is 5.45. The van der Waals surface area contributed by atoms with E-state index in [9.17, 15) is 14.7 Å². The number of aromatic nitrogens is 1. The van der Waals surface area contributed by atoms with Crippen LogP contribution in [0.3, 0.4) is 0 Å². The Balaban J connectivity index is 1.55. The number of hydrogen-bond acceptors (Lipinski definition) is 7. The molecular formula is C26H21N3O4S2. The Labute approximate surface area is 209 Å². The third-order valence-electron chi connectivity index (χ3n) is 7.06. The molecule has 7 rings (SSSR count). The number of amides is 1. The number of ether oxygens (including phenoxy) is 1. The van der Waals surface area contributed by atoms with E-state index in [0.29, 0.717) is 19.8 Å². The highest BCUT2D eigenvalue weighted by Gasteiger charge is 2.45. The molecule has 3 aliphatic heterocycles. The quantitative estimate of drug-likeness (QED) is 0.425. The van der Waals surface area contributed by atoms with E-state index in [1.165, 1.54) is 26.6 Å². The van der Waals surface area contributed by atoms with Gasteiger partial charge < -0.3 is 14.7 Å². The molecule has 35 heavy (non-hydrogen) atoms. The average Bonchev–Trinajstić information content (AvgIpc) is 3.30. The van der Waals surface area contributed by atoms with Crippen molar-refractivity contribution in [3.63, 3.8) is 0 Å². The molecular weight excluding hydrogens is 482 g/mol. The zero-order valence-corrected chi connectivity index (χ0v) is 20.2. The van der Waals surface area contributed by atoms with Crippen molar-refractivity contribution in [2.75, 3.05) is 24.8 Å². The molecule has 1 N–H and O–H groups in total. The predicted molar refractivity (Wildman–Crippen MR) is 136 cm³/mol. The second kappa shape index (κ2) is 7.87. The molecule has 5 heterocycles. The lowest BCUT2D eigenvalue weighted by Gasteiger charge is -2.51. The van der Waals surface area contributed by atoms with Gasteiger partial charge in [-0.3, -0.25) is 19.3 Å². The van der Waals surface area contributed by atoms with Crippen molar-refractivity contribution in [2.45, 2.75) is 22.9 Å². The summed E-state index contributed by atoms with van der Waals surface area (Å²) in [4.78, 5) is 28.8. The molecule has 0 unspecified atom stereocenters. The Kier molecular flexibility index (Phi) is 4.74. The standard InChI is InChI=1S/C26H21N3O4S2/c30-19-7-9-28-22(23(19)31)26(32)27-10-11-33-13-20(27)29(28)21-17-4-2-1-3-16(17)14-35-25-18(21)6-5-15-8-12-34-24(15)25/h1-9,12,20-21,31H,10-11,13-14H2/t20-,21+/m1/s1. The molecule has 7 nitrogen and oxygen atoms in total. The first kappa shape index (κ1) is 21.0. The minimum Gasteiger partial charge on any atom is -0.502 e. The van der Waals surface area contributed by atoms with Crippen molar-refractivity contribution in [1.29, 1.82) is 0 Å². The second-order valence-corrected chi connectivity index (χ2v) is 10.8. The molecule has 0 saturated carbocycles. The van der Waals surface area contributed by atoms with Gasteiger partial charge in [-0.25, -0.2) is 0 Å². The van der Waals surface area contributed by atoms with E-state index in [4.69, 9.17) is 4.74 Å². The monoisotopic (exact) mass is 503 g/mol. The van der Waals surface area contributed by atoms with Gasteiger partial charge in [-0.1, -0.05) is 36.4 Å². The molecule has 1 fully saturated rings. The number of hydrogen-bond donors (Lipinski definition) is 1. The zero-order chi connectivity index (χ0) is 23.7. The summed E-state index contributed by atoms with van der Waals surface area (Å²) in [7, 11) is 0. The van der Waals surface area contributed by atoms with Crippen LogP contribution in [0.15, 0.2) is 69.8 Å². The van der Waals surface area contributed by atoms with Crippen LogP contribution in [0.4, 0.5) is 0 Å². The number of morpholine rings is 1. The summed E-state index contributed by atoms with van der Waals surface area (Å²) in [6.45, 7) is 1.14. The van der Waals surface area contributed by atoms with Gasteiger partial charge in [-0.05, 0) is 33.5 Å². The average molecular weight is 504 g/mol. The number of carbonyl (C=O) groups is 1. The van der Waals surface area contributed by atoms with Crippen LogP contribution in [0.5, 0.6) is 5.75 Å². The van der Waals surface area contributed by atoms with Gasteiger partial charge >= 0.3 is 0 Å². The van der Waals surface area contributed by atoms with Crippen LogP contribution in [0.1, 0.15) is 33.2 Å². The molecule has 3 aliphatic rings. The number of nitrogens with zero attached hydrogens (tertiary/aromatic N) is 3. The molecule has 0 radical (unpaired) electrons. The van der Waals surface area contributed by atoms with Gasteiger partial charge in [0.15, 0.2) is 11.4 Å². The van der Waals surface area contributed by atoms with E-state index in [1.807, 2.05) is 17.8 Å². The molecule has 0 spiro atoms. The number of carbonyl (C=O) groups excluding carboxylic acids is 1. The lowest BCUT2D eigenvalue weighted by atomic mass is 9.93. The smallest absolute Gasteiger partial charge is 0.278 e. The molecule has 1 amide bonds. The Morgan fingerprint density at radius 1 is 1.03 bits per heavy atom. The van der Waals surface area contributed by atoms with Gasteiger partial charge in [0.1, 0.15) is 6.17 Å². The largest absolute Gasteiger partial charge is 0.502 e. The van der Waals surface area contributed by atoms with E-state index < -0.39 is 17.3 Å². The number of aromatic hydroxyl groups is 1. The van der Waals surface area contributed by atoms with Gasteiger partial charge in [0.2, 0.25) is 5.43 Å². The summed E-state index contributed by atoms with van der Waals surface area (Å²) in [5.74, 6) is -0.0380. The van der Waals surface area contributed by atoms with Crippen LogP contribution >= 0.6 is 23.1 Å². The minimum atomic E-state index is -0.561. The van der Waals surface area contributed by atoms with Crippen molar-refractivity contribution in [3.8, 4) is 5.75 Å². The highest BCUT2D eigenvalue weighted by molar-refractivity contribution is 7.99. The van der Waals surface area contributed by atoms with Crippen LogP contribution in [0.2, 0.25) is 0 Å². The minimum absolute atomic E-state index is 0.00350. The van der Waals surface area contributed by atoms with Crippen molar-refractivity contribution in [2.24, 2.45) is 0 Å². The summed E-state index contributed by atoms with van der Waals surface area (Å²) >= 11 is 3.57. The first-order valence-corrected chi connectivity index (χ1v) is 13.3. The van der Waals surface area contributed by atoms with Crippen molar-refractivity contribution < 1.29 is 14.6 Å². The van der Waals surface area contributed by atoms with Gasteiger partial charge in [0, 0.05) is 34.2 Å². The predicted octanol–water partition coefficient (Wildman–Crippen LogP) is 3.91. The molecule has 9 heteroatoms. The topological polar surface area (TPSA) is 75.0 Å². The lowest BCUT2D eigenvalue weighted by Crippen LogP contribution is -2.66. The van der Waals surface area contributed by atoms with Gasteiger partial charge in [0.05, 0.1) is 19.3 Å². The third-order valence-corrected chi connectivity index (χ3v) is 9.32. The highest BCUT2D eigenvalue weighted by atomic mass is 32.2. The molecule has 0 bridgehead atoms. The zero-order valence-electron chi connectivity index (χ0n) is 18.6. The summed E-state index contributed by atoms with van der Waals surface area (Å²) < 4.78 is 8.79. The number of thioether (sulfide) groups is 1. The molecule has 176 valence electrons. The van der Waals surface area contributed by atoms with E-state index in [2.05, 4.69) is 46.8 Å². The van der Waals surface area contributed by atoms with Crippen molar-refractivity contribution >= 4 is 39.1 Å². The summed E-state index contributed by atoms with van der Waals surface area (Å²) in [5.41, 5.74) is 2.94. The summed E-state index contributed by atoms with van der Waals surface area (Å²) in [6, 6.07) is 15.9. The number of thiophene rings is 1. The van der Waals surface area contributed by atoms with Crippen LogP contribution in [-0.2, 0) is 10.5 Å². The molecule has 0 aliphatic carbocycles. The van der Waals surface area contributed by atoms with Gasteiger partial charge in [-0.15, -0.1) is 23.1 Å². The number of benzene rings is 2. The maximum Gasteiger partial charge on any atom is 0.278 e. The summed E-state index contributed by atoms with van der Waals surface area (Å²) in [5, 5.41) is 16.2. The highest BCUT2D eigenvalue weighted by Crippen LogP contribution is 2.47. The fraction of sp³-hybridized carbons (Fsp3) is 0.231. The van der Waals surface area contributed by atoms with Gasteiger partial charge in [0.25, 0.3) is 5.91 Å². The van der Waals surface area contributed by atoms with Crippen molar-refractivity contribution in [3.05, 3.63) is 92.7 Å². The SMILES string of the molecule is O=C1c2c(O)c(=O)ccn2N([C@H]2c3ccccc3CSc3c2ccc2ccsc32)[C@@H]2COCCN12. The molecule has 2 atom stereocenters. The van der Waals surface area contributed by atoms with Crippen LogP contribution in [0, 0.1) is 0 Å². The number of fused-ring (bicyclic) bond motifs is 6. The van der Waals surface area contributed by atoms with E-state index in [1.54, 1.807) is 27.1 Å². The first-order chi connectivity index (χ1) is 17.1. The maximum atomic E-state index is 13.5. The fourth-order valence-corrected chi connectivity index (χ4v) is 7.78. The summed E-state index contributed by atoms with van der Waals surface area (Å²) in [6.07, 6.45) is 1.21. The number of pyridine rings is 1. The maximum absolute atomic E-state index is 13.5. The van der Waals surface area contributed by atoms with Crippen LogP contribution < -0.4 is 10.4 Å². The normalized spacial score (nSPS) is 21.2. The van der Waals surface area contributed by atoms with Crippen LogP contribution in [-0.4, -0.2) is 46.5 Å². The molecule has 4 aromatic rings. The Morgan fingerprint density at radius 2 is 1.91 bits per heavy atom. The number of rotatable bonds is 1. The Morgan fingerprint density at radius 3 is 2.83 bits per heavy atom. The molecule has 1 saturated heterocycles. The molecule has 2 aromatic heterocycles. The van der Waals surface area contributed by atoms with Gasteiger partial charge in [-0.2, -0.15) is 0 Å². The lowest BCUT2D eigenvalue weighted by molar-refractivity contribution is -0.0197. The van der Waals surface area contributed by atoms with E-state index >= 15 is 0 Å². The van der Waals surface area contributed by atoms with Crippen LogP contribution in [0.25, 0.3) is 10.1 Å².